The van der Waals surface area contributed by atoms with Crippen LogP contribution in [0.3, 0.4) is 0 Å². The van der Waals surface area contributed by atoms with E-state index in [0.717, 1.165) is 72.3 Å². The van der Waals surface area contributed by atoms with Gasteiger partial charge in [0.15, 0.2) is 0 Å². The van der Waals surface area contributed by atoms with E-state index in [2.05, 4.69) is 58.8 Å². The molecule has 3 heterocycles. The third-order valence-corrected chi connectivity index (χ3v) is 7.48. The molecule has 2 aromatic carbocycles. The van der Waals surface area contributed by atoms with Crippen LogP contribution in [0.5, 0.6) is 0 Å². The summed E-state index contributed by atoms with van der Waals surface area (Å²) >= 11 is 0. The minimum absolute atomic E-state index is 0.119. The molecule has 34 heavy (non-hydrogen) atoms. The van der Waals surface area contributed by atoms with E-state index in [0.29, 0.717) is 11.8 Å². The van der Waals surface area contributed by atoms with Crippen LogP contribution in [0.4, 0.5) is 5.69 Å². The predicted molar refractivity (Wildman–Crippen MR) is 133 cm³/mol. The average Bonchev–Trinajstić information content (AvgIpc) is 3.28. The van der Waals surface area contributed by atoms with Gasteiger partial charge in [-0.3, -0.25) is 20.1 Å². The number of fused-ring (bicyclic) bond motifs is 1. The zero-order chi connectivity index (χ0) is 23.3. The molecule has 1 saturated heterocycles. The molecule has 1 saturated carbocycles. The van der Waals surface area contributed by atoms with Crippen molar-refractivity contribution in [3.63, 3.8) is 0 Å². The van der Waals surface area contributed by atoms with Gasteiger partial charge in [0.25, 0.3) is 0 Å². The largest absolute Gasteiger partial charge is 0.355 e. The van der Waals surface area contributed by atoms with E-state index in [1.807, 2.05) is 34.2 Å². The summed E-state index contributed by atoms with van der Waals surface area (Å²) in [4.78, 5) is 21.0. The van der Waals surface area contributed by atoms with Crippen LogP contribution in [0.15, 0.2) is 65.9 Å². The molecular formula is C27H29N5O2. The van der Waals surface area contributed by atoms with Gasteiger partial charge in [-0.25, -0.2) is 0 Å². The molecule has 6 rings (SSSR count). The average molecular weight is 456 g/mol. The number of nitrogens with zero attached hydrogens (tertiary/aromatic N) is 4. The van der Waals surface area contributed by atoms with Crippen molar-refractivity contribution in [3.8, 4) is 11.1 Å². The summed E-state index contributed by atoms with van der Waals surface area (Å²) in [6.07, 6.45) is 4.63. The second-order valence-electron chi connectivity index (χ2n) is 10.0. The first-order chi connectivity index (χ1) is 16.5. The maximum Gasteiger partial charge on any atom is 0.228 e. The fourth-order valence-corrected chi connectivity index (χ4v) is 5.10. The Labute approximate surface area is 199 Å². The van der Waals surface area contributed by atoms with Crippen molar-refractivity contribution in [1.82, 2.24) is 15.3 Å². The van der Waals surface area contributed by atoms with Crippen molar-refractivity contribution >= 4 is 28.3 Å². The van der Waals surface area contributed by atoms with Gasteiger partial charge in [-0.2, -0.15) is 5.10 Å². The van der Waals surface area contributed by atoms with Gasteiger partial charge in [0.05, 0.1) is 5.52 Å². The van der Waals surface area contributed by atoms with E-state index in [1.165, 1.54) is 0 Å². The van der Waals surface area contributed by atoms with Gasteiger partial charge in [-0.15, -0.1) is 0 Å². The number of carbonyl (C=O) groups excluding carboxylic acids is 1. The predicted octanol–water partition coefficient (Wildman–Crippen LogP) is 3.94. The van der Waals surface area contributed by atoms with Crippen LogP contribution in [0, 0.1) is 11.3 Å². The smallest absolute Gasteiger partial charge is 0.228 e. The number of aliphatic hydroxyl groups excluding tert-OH is 1. The number of amides is 1. The molecular weight excluding hydrogens is 426 g/mol. The van der Waals surface area contributed by atoms with Gasteiger partial charge in [0.2, 0.25) is 12.3 Å². The van der Waals surface area contributed by atoms with Crippen molar-refractivity contribution < 1.29 is 9.90 Å². The number of nitrogens with one attached hydrogen (secondary N) is 1. The van der Waals surface area contributed by atoms with E-state index in [1.54, 1.807) is 0 Å². The molecule has 2 aliphatic heterocycles. The number of aromatic nitrogens is 1. The Morgan fingerprint density at radius 3 is 2.74 bits per heavy atom. The van der Waals surface area contributed by atoms with Crippen LogP contribution in [0.2, 0.25) is 0 Å². The van der Waals surface area contributed by atoms with E-state index >= 15 is 0 Å². The topological polar surface area (TPSA) is 81.1 Å². The molecule has 1 aromatic heterocycles. The minimum atomic E-state index is -0.893. The number of carbonyl (C=O) groups is 1. The van der Waals surface area contributed by atoms with Crippen LogP contribution in [-0.4, -0.2) is 46.2 Å². The Kier molecular flexibility index (Phi) is 5.03. The van der Waals surface area contributed by atoms with E-state index < -0.39 is 6.35 Å². The monoisotopic (exact) mass is 455 g/mol. The van der Waals surface area contributed by atoms with Crippen molar-refractivity contribution in [1.29, 1.82) is 0 Å². The molecule has 0 radical (unpaired) electrons. The van der Waals surface area contributed by atoms with E-state index in [-0.39, 0.29) is 5.41 Å². The minimum Gasteiger partial charge on any atom is -0.355 e. The molecule has 3 aromatic rings. The van der Waals surface area contributed by atoms with Crippen molar-refractivity contribution in [2.45, 2.75) is 39.0 Å². The highest BCUT2D eigenvalue weighted by Gasteiger charge is 2.48. The zero-order valence-corrected chi connectivity index (χ0v) is 19.3. The maximum absolute atomic E-state index is 12.7. The number of hydrazone groups is 1. The van der Waals surface area contributed by atoms with Gasteiger partial charge in [-0.05, 0) is 60.6 Å². The molecule has 1 amide bonds. The number of hydrogen-bond donors (Lipinski definition) is 2. The lowest BCUT2D eigenvalue weighted by Gasteiger charge is -2.25. The molecule has 7 nitrogen and oxygen atoms in total. The standard InChI is InChI=1S/C27H29N5O2/c1-27(11-12-27)25(33)31-14-10-18(17-31)15-24-29-30-26(34)32(24)22-8-6-19(7-9-22)21-5-4-20-3-2-13-28-23(20)16-21/h2-9,13,16,18,26,30,34H,10-12,14-15,17H2,1H3/t18-,26?/m0/s1. The van der Waals surface area contributed by atoms with Crippen LogP contribution in [-0.2, 0) is 4.79 Å². The Bertz CT molecular complexity index is 1270. The molecule has 2 atom stereocenters. The summed E-state index contributed by atoms with van der Waals surface area (Å²) < 4.78 is 0. The summed E-state index contributed by atoms with van der Waals surface area (Å²) in [6, 6.07) is 18.5. The van der Waals surface area contributed by atoms with E-state index in [9.17, 15) is 9.90 Å². The third kappa shape index (κ3) is 3.80. The fraction of sp³-hybridized carbons (Fsp3) is 0.370. The van der Waals surface area contributed by atoms with E-state index in [4.69, 9.17) is 0 Å². The van der Waals surface area contributed by atoms with Crippen LogP contribution in [0.1, 0.15) is 32.6 Å². The Hall–Kier alpha value is -3.45. The normalized spacial score (nSPS) is 23.2. The van der Waals surface area contributed by atoms with Gasteiger partial charge in [0, 0.05) is 42.2 Å². The molecule has 2 N–H and O–H groups in total. The first-order valence-corrected chi connectivity index (χ1v) is 12.0. The number of amidine groups is 1. The second-order valence-corrected chi connectivity index (χ2v) is 10.0. The number of benzene rings is 2. The number of likely N-dealkylation sites (tertiary alicyclic amines) is 1. The zero-order valence-electron chi connectivity index (χ0n) is 19.3. The van der Waals surface area contributed by atoms with Gasteiger partial charge < -0.3 is 10.0 Å². The third-order valence-electron chi connectivity index (χ3n) is 7.48. The van der Waals surface area contributed by atoms with Gasteiger partial charge >= 0.3 is 0 Å². The lowest BCUT2D eigenvalue weighted by atomic mass is 10.0. The Balaban J connectivity index is 1.16. The quantitative estimate of drug-likeness (QED) is 0.609. The lowest BCUT2D eigenvalue weighted by Crippen LogP contribution is -2.41. The second kappa shape index (κ2) is 8.09. The molecule has 174 valence electrons. The Morgan fingerprint density at radius 1 is 1.15 bits per heavy atom. The Morgan fingerprint density at radius 2 is 1.94 bits per heavy atom. The lowest BCUT2D eigenvalue weighted by molar-refractivity contribution is -0.135. The van der Waals surface area contributed by atoms with Crippen molar-refractivity contribution in [2.75, 3.05) is 18.0 Å². The maximum atomic E-state index is 12.7. The molecule has 2 fully saturated rings. The molecule has 1 aliphatic carbocycles. The van der Waals surface area contributed by atoms with Gasteiger partial charge in [0.1, 0.15) is 5.84 Å². The number of anilines is 1. The summed E-state index contributed by atoms with van der Waals surface area (Å²) in [6.45, 7) is 3.66. The highest BCUT2D eigenvalue weighted by Crippen LogP contribution is 2.47. The number of rotatable bonds is 5. The van der Waals surface area contributed by atoms with Crippen molar-refractivity contribution in [2.24, 2.45) is 16.4 Å². The van der Waals surface area contributed by atoms with Crippen LogP contribution >= 0.6 is 0 Å². The first-order valence-electron chi connectivity index (χ1n) is 12.0. The summed E-state index contributed by atoms with van der Waals surface area (Å²) in [5.74, 6) is 1.47. The van der Waals surface area contributed by atoms with Crippen LogP contribution in [0.25, 0.3) is 22.0 Å². The number of aliphatic hydroxyl groups is 1. The molecule has 7 heteroatoms. The number of hydrogen-bond acceptors (Lipinski definition) is 6. The summed E-state index contributed by atoms with van der Waals surface area (Å²) in [5.41, 5.74) is 6.74. The first kappa shape index (κ1) is 21.1. The number of pyridine rings is 1. The summed E-state index contributed by atoms with van der Waals surface area (Å²) in [7, 11) is 0. The molecule has 1 unspecified atom stereocenters. The summed E-state index contributed by atoms with van der Waals surface area (Å²) in [5, 5.41) is 16.1. The molecule has 3 aliphatic rings. The molecule has 0 bridgehead atoms. The van der Waals surface area contributed by atoms with Crippen LogP contribution < -0.4 is 10.3 Å². The fourth-order valence-electron chi connectivity index (χ4n) is 5.10. The molecule has 0 spiro atoms. The van der Waals surface area contributed by atoms with Gasteiger partial charge in [-0.1, -0.05) is 37.3 Å². The van der Waals surface area contributed by atoms with Crippen molar-refractivity contribution in [3.05, 3.63) is 60.8 Å². The highest BCUT2D eigenvalue weighted by atomic mass is 16.3. The SMILES string of the molecule is CC1(C(=O)N2CC[C@@H](CC3=NNC(O)N3c3ccc(-c4ccc5cccnc5c4)cc3)C2)CC1. The highest BCUT2D eigenvalue weighted by molar-refractivity contribution is 5.99.